The first-order valence-corrected chi connectivity index (χ1v) is 7.92. The molecule has 0 unspecified atom stereocenters. The van der Waals surface area contributed by atoms with Crippen LogP contribution < -0.4 is 16.4 Å². The molecule has 0 fully saturated rings. The Hall–Kier alpha value is -1.23. The van der Waals surface area contributed by atoms with Gasteiger partial charge in [0.25, 0.3) is 5.91 Å². The van der Waals surface area contributed by atoms with Crippen molar-refractivity contribution in [2.24, 2.45) is 0 Å². The molecule has 19 heavy (non-hydrogen) atoms. The summed E-state index contributed by atoms with van der Waals surface area (Å²) in [5.41, 5.74) is 6.44. The SMILES string of the molecule is CCCCCCNc1cc(N)c(C(=O)NCCC)s1. The number of hydrogen-bond donors (Lipinski definition) is 3. The Morgan fingerprint density at radius 2 is 2.00 bits per heavy atom. The van der Waals surface area contributed by atoms with E-state index in [1.807, 2.05) is 13.0 Å². The maximum absolute atomic E-state index is 11.8. The molecule has 0 spiro atoms. The zero-order chi connectivity index (χ0) is 14.1. The number of nitrogens with two attached hydrogens (primary N) is 1. The van der Waals surface area contributed by atoms with Gasteiger partial charge < -0.3 is 16.4 Å². The van der Waals surface area contributed by atoms with E-state index in [2.05, 4.69) is 17.6 Å². The van der Waals surface area contributed by atoms with Gasteiger partial charge in [0.2, 0.25) is 0 Å². The van der Waals surface area contributed by atoms with E-state index >= 15 is 0 Å². The zero-order valence-electron chi connectivity index (χ0n) is 11.9. The van der Waals surface area contributed by atoms with Crippen LogP contribution in [-0.2, 0) is 0 Å². The van der Waals surface area contributed by atoms with E-state index in [9.17, 15) is 4.79 Å². The molecule has 0 aliphatic heterocycles. The maximum atomic E-state index is 11.8. The van der Waals surface area contributed by atoms with Crippen LogP contribution in [0.25, 0.3) is 0 Å². The molecule has 1 amide bonds. The monoisotopic (exact) mass is 283 g/mol. The molecule has 1 rings (SSSR count). The highest BCUT2D eigenvalue weighted by Gasteiger charge is 2.13. The quantitative estimate of drug-likeness (QED) is 0.608. The average molecular weight is 283 g/mol. The van der Waals surface area contributed by atoms with Crippen molar-refractivity contribution in [1.82, 2.24) is 5.32 Å². The van der Waals surface area contributed by atoms with Gasteiger partial charge >= 0.3 is 0 Å². The minimum atomic E-state index is -0.0663. The van der Waals surface area contributed by atoms with Crippen molar-refractivity contribution >= 4 is 27.9 Å². The summed E-state index contributed by atoms with van der Waals surface area (Å²) in [5.74, 6) is -0.0663. The van der Waals surface area contributed by atoms with Gasteiger partial charge in [-0.25, -0.2) is 0 Å². The largest absolute Gasteiger partial charge is 0.397 e. The lowest BCUT2D eigenvalue weighted by atomic mass is 10.2. The van der Waals surface area contributed by atoms with Gasteiger partial charge in [-0.15, -0.1) is 11.3 Å². The summed E-state index contributed by atoms with van der Waals surface area (Å²) in [6.07, 6.45) is 5.85. The second kappa shape index (κ2) is 8.80. The standard InChI is InChI=1S/C14H25N3OS/c1-3-5-6-7-9-16-12-10-11(15)13(19-12)14(18)17-8-4-2/h10,16H,3-9,15H2,1-2H3,(H,17,18). The number of rotatable bonds is 9. The molecule has 1 aromatic heterocycles. The number of carbonyl (C=O) groups excluding carboxylic acids is 1. The van der Waals surface area contributed by atoms with E-state index < -0.39 is 0 Å². The van der Waals surface area contributed by atoms with Gasteiger partial charge in [-0.05, 0) is 18.9 Å². The Kier molecular flexibility index (Phi) is 7.33. The van der Waals surface area contributed by atoms with Crippen molar-refractivity contribution in [1.29, 1.82) is 0 Å². The molecule has 5 heteroatoms. The van der Waals surface area contributed by atoms with Gasteiger partial charge in [-0.2, -0.15) is 0 Å². The van der Waals surface area contributed by atoms with E-state index in [-0.39, 0.29) is 5.91 Å². The van der Waals surface area contributed by atoms with E-state index in [1.165, 1.54) is 30.6 Å². The third-order valence-electron chi connectivity index (χ3n) is 2.83. The lowest BCUT2D eigenvalue weighted by Gasteiger charge is -2.02. The van der Waals surface area contributed by atoms with Gasteiger partial charge in [0.05, 0.1) is 10.7 Å². The molecular weight excluding hydrogens is 258 g/mol. The molecule has 0 atom stereocenters. The summed E-state index contributed by atoms with van der Waals surface area (Å²) in [6.45, 7) is 5.86. The molecule has 4 nitrogen and oxygen atoms in total. The first-order chi connectivity index (χ1) is 9.19. The minimum absolute atomic E-state index is 0.0663. The fourth-order valence-electron chi connectivity index (χ4n) is 1.75. The molecule has 1 aromatic rings. The molecule has 4 N–H and O–H groups in total. The topological polar surface area (TPSA) is 67.1 Å². The Morgan fingerprint density at radius 3 is 2.68 bits per heavy atom. The first kappa shape index (κ1) is 15.8. The molecule has 1 heterocycles. The second-order valence-electron chi connectivity index (χ2n) is 4.64. The number of amides is 1. The highest BCUT2D eigenvalue weighted by molar-refractivity contribution is 7.18. The second-order valence-corrected chi connectivity index (χ2v) is 5.69. The molecule has 0 aromatic carbocycles. The number of thiophene rings is 1. The normalized spacial score (nSPS) is 10.4. The number of nitrogen functional groups attached to an aromatic ring is 1. The first-order valence-electron chi connectivity index (χ1n) is 7.10. The van der Waals surface area contributed by atoms with Gasteiger partial charge in [-0.1, -0.05) is 33.1 Å². The summed E-state index contributed by atoms with van der Waals surface area (Å²) in [6, 6.07) is 1.85. The zero-order valence-corrected chi connectivity index (χ0v) is 12.7. The van der Waals surface area contributed by atoms with Crippen molar-refractivity contribution in [2.75, 3.05) is 24.1 Å². The summed E-state index contributed by atoms with van der Waals surface area (Å²) in [4.78, 5) is 12.5. The summed E-state index contributed by atoms with van der Waals surface area (Å²) in [5, 5.41) is 7.17. The van der Waals surface area contributed by atoms with Crippen molar-refractivity contribution in [3.05, 3.63) is 10.9 Å². The van der Waals surface area contributed by atoms with Crippen LogP contribution in [0.1, 0.15) is 55.6 Å². The average Bonchev–Trinajstić information content (AvgIpc) is 2.77. The fraction of sp³-hybridized carbons (Fsp3) is 0.643. The van der Waals surface area contributed by atoms with Crippen LogP contribution in [0, 0.1) is 0 Å². The minimum Gasteiger partial charge on any atom is -0.397 e. The van der Waals surface area contributed by atoms with E-state index in [1.54, 1.807) is 0 Å². The molecule has 0 radical (unpaired) electrons. The Morgan fingerprint density at radius 1 is 1.21 bits per heavy atom. The predicted molar refractivity (Wildman–Crippen MR) is 84.0 cm³/mol. The van der Waals surface area contributed by atoms with Gasteiger partial charge in [0, 0.05) is 13.1 Å². The van der Waals surface area contributed by atoms with Crippen LogP contribution in [-0.4, -0.2) is 19.0 Å². The number of unbranched alkanes of at least 4 members (excludes halogenated alkanes) is 3. The lowest BCUT2D eigenvalue weighted by molar-refractivity contribution is 0.0958. The maximum Gasteiger partial charge on any atom is 0.263 e. The highest BCUT2D eigenvalue weighted by atomic mass is 32.1. The van der Waals surface area contributed by atoms with Crippen molar-refractivity contribution in [3.63, 3.8) is 0 Å². The fourth-order valence-corrected chi connectivity index (χ4v) is 2.67. The van der Waals surface area contributed by atoms with Gasteiger partial charge in [-0.3, -0.25) is 4.79 Å². The number of carbonyl (C=O) groups is 1. The number of nitrogens with one attached hydrogen (secondary N) is 2. The van der Waals surface area contributed by atoms with Crippen LogP contribution in [0.4, 0.5) is 10.7 Å². The van der Waals surface area contributed by atoms with Crippen molar-refractivity contribution in [2.45, 2.75) is 46.0 Å². The molecule has 0 aliphatic carbocycles. The van der Waals surface area contributed by atoms with E-state index in [0.29, 0.717) is 17.1 Å². The predicted octanol–water partition coefficient (Wildman–Crippen LogP) is 3.46. The number of hydrogen-bond acceptors (Lipinski definition) is 4. The van der Waals surface area contributed by atoms with E-state index in [4.69, 9.17) is 5.73 Å². The molecule has 0 bridgehead atoms. The van der Waals surface area contributed by atoms with Crippen LogP contribution in [0.2, 0.25) is 0 Å². The summed E-state index contributed by atoms with van der Waals surface area (Å²) < 4.78 is 0. The van der Waals surface area contributed by atoms with Crippen molar-refractivity contribution in [3.8, 4) is 0 Å². The molecule has 108 valence electrons. The van der Waals surface area contributed by atoms with Crippen LogP contribution in [0.3, 0.4) is 0 Å². The molecule has 0 saturated carbocycles. The molecule has 0 aliphatic rings. The summed E-state index contributed by atoms with van der Waals surface area (Å²) >= 11 is 1.43. The van der Waals surface area contributed by atoms with Crippen molar-refractivity contribution < 1.29 is 4.79 Å². The Bertz CT molecular complexity index is 390. The smallest absolute Gasteiger partial charge is 0.263 e. The van der Waals surface area contributed by atoms with Crippen LogP contribution in [0.5, 0.6) is 0 Å². The van der Waals surface area contributed by atoms with Gasteiger partial charge in [0.15, 0.2) is 0 Å². The van der Waals surface area contributed by atoms with Crippen LogP contribution >= 0.6 is 11.3 Å². The van der Waals surface area contributed by atoms with Gasteiger partial charge in [0.1, 0.15) is 4.88 Å². The summed E-state index contributed by atoms with van der Waals surface area (Å²) in [7, 11) is 0. The Balaban J connectivity index is 2.42. The third-order valence-corrected chi connectivity index (χ3v) is 3.94. The third kappa shape index (κ3) is 5.51. The lowest BCUT2D eigenvalue weighted by Crippen LogP contribution is -2.23. The van der Waals surface area contributed by atoms with E-state index in [0.717, 1.165) is 24.4 Å². The number of anilines is 2. The van der Waals surface area contributed by atoms with Crippen LogP contribution in [0.15, 0.2) is 6.07 Å². The highest BCUT2D eigenvalue weighted by Crippen LogP contribution is 2.29. The molecule has 0 saturated heterocycles. The Labute approximate surface area is 119 Å². The molecular formula is C14H25N3OS.